The lowest BCUT2D eigenvalue weighted by Gasteiger charge is -2.22. The average Bonchev–Trinajstić information content (AvgIpc) is 3.14. The van der Waals surface area contributed by atoms with E-state index < -0.39 is 6.10 Å². The number of rotatable bonds is 11. The Labute approximate surface area is 176 Å². The zero-order valence-electron chi connectivity index (χ0n) is 17.6. The van der Waals surface area contributed by atoms with Crippen molar-refractivity contribution in [2.75, 3.05) is 19.7 Å². The van der Waals surface area contributed by atoms with E-state index in [-0.39, 0.29) is 24.0 Å². The molecular weight excluding hydrogens is 390 g/mol. The minimum Gasteiger partial charge on any atom is -0.467 e. The topological polar surface area (TPSA) is 101 Å². The molecule has 2 fully saturated rings. The Kier molecular flexibility index (Phi) is 7.29. The first-order valence-electron chi connectivity index (χ1n) is 10.6. The minimum absolute atomic E-state index is 0.0691. The van der Waals surface area contributed by atoms with Gasteiger partial charge in [0.1, 0.15) is 23.4 Å². The van der Waals surface area contributed by atoms with E-state index in [1.807, 2.05) is 20.8 Å². The Morgan fingerprint density at radius 1 is 1.38 bits per heavy atom. The second kappa shape index (κ2) is 9.53. The number of amides is 1. The van der Waals surface area contributed by atoms with E-state index in [0.717, 1.165) is 32.1 Å². The predicted octanol–water partition coefficient (Wildman–Crippen LogP) is 2.40. The van der Waals surface area contributed by atoms with Gasteiger partial charge in [0.15, 0.2) is 0 Å². The maximum absolute atomic E-state index is 12.2. The van der Waals surface area contributed by atoms with Crippen LogP contribution in [0.25, 0.3) is 0 Å². The Bertz CT molecular complexity index is 715. The first-order valence-corrected chi connectivity index (χ1v) is 11.4. The first kappa shape index (κ1) is 22.2. The maximum atomic E-state index is 12.2. The summed E-state index contributed by atoms with van der Waals surface area (Å²) in [6, 6.07) is 0. The smallest absolute Gasteiger partial charge is 0.273 e. The molecule has 4 unspecified atom stereocenters. The number of carbonyl (C=O) groups is 2. The van der Waals surface area contributed by atoms with E-state index in [1.54, 1.807) is 0 Å². The number of unbranched alkanes of at least 4 members (excludes halogenated alkanes) is 1. The molecule has 8 heteroatoms. The molecule has 1 aromatic rings. The Hall–Kier alpha value is -1.51. The number of aliphatic hydroxyl groups excluding tert-OH is 1. The van der Waals surface area contributed by atoms with Gasteiger partial charge in [-0.2, -0.15) is 0 Å². The van der Waals surface area contributed by atoms with Gasteiger partial charge in [-0.1, -0.05) is 17.8 Å². The molecule has 4 atom stereocenters. The van der Waals surface area contributed by atoms with Gasteiger partial charge < -0.3 is 20.5 Å². The number of hydrogen-bond acceptors (Lipinski definition) is 7. The van der Waals surface area contributed by atoms with Crippen molar-refractivity contribution < 1.29 is 19.4 Å². The lowest BCUT2D eigenvalue weighted by molar-refractivity contribution is -0.122. The van der Waals surface area contributed by atoms with E-state index >= 15 is 0 Å². The number of hydrogen-bond donors (Lipinski definition) is 3. The van der Waals surface area contributed by atoms with Crippen molar-refractivity contribution in [3.63, 3.8) is 0 Å². The van der Waals surface area contributed by atoms with Gasteiger partial charge in [-0.3, -0.25) is 9.59 Å². The number of β-amino-alcohol motifs (C(OH)–C–C–N with tert-alkyl or cyclic N) is 1. The van der Waals surface area contributed by atoms with Crippen LogP contribution in [0.2, 0.25) is 0 Å². The molecule has 0 radical (unpaired) electrons. The summed E-state index contributed by atoms with van der Waals surface area (Å²) in [6.07, 6.45) is 5.85. The van der Waals surface area contributed by atoms with Crippen LogP contribution >= 0.6 is 11.3 Å². The van der Waals surface area contributed by atoms with Gasteiger partial charge >= 0.3 is 0 Å². The Morgan fingerprint density at radius 3 is 2.86 bits per heavy atom. The molecule has 2 saturated carbocycles. The first-order chi connectivity index (χ1) is 13.7. The van der Waals surface area contributed by atoms with Crippen LogP contribution in [0.4, 0.5) is 0 Å². The number of ether oxygens (including phenoxy) is 1. The van der Waals surface area contributed by atoms with E-state index in [4.69, 9.17) is 4.74 Å². The summed E-state index contributed by atoms with van der Waals surface area (Å²) in [4.78, 5) is 28.8. The number of carbonyl (C=O) groups excluding carboxylic acids is 2. The van der Waals surface area contributed by atoms with Gasteiger partial charge in [-0.25, -0.2) is 4.98 Å². The molecule has 1 heterocycles. The largest absolute Gasteiger partial charge is 0.467 e. The predicted molar refractivity (Wildman–Crippen MR) is 112 cm³/mol. The van der Waals surface area contributed by atoms with Gasteiger partial charge in [-0.15, -0.1) is 0 Å². The average molecular weight is 424 g/mol. The van der Waals surface area contributed by atoms with Crippen LogP contribution in [-0.4, -0.2) is 53.1 Å². The lowest BCUT2D eigenvalue weighted by atomic mass is 9.96. The van der Waals surface area contributed by atoms with Crippen LogP contribution in [0.3, 0.4) is 0 Å². The van der Waals surface area contributed by atoms with Crippen molar-refractivity contribution in [3.05, 3.63) is 11.1 Å². The van der Waals surface area contributed by atoms with Crippen LogP contribution in [-0.2, 0) is 4.79 Å². The SMILES string of the molecule is CC(C)(C)NCC(O)COc1ncc(C(=O)NCCCCC2CC3CC3C2=O)s1. The monoisotopic (exact) mass is 423 g/mol. The molecular formula is C21H33N3O4S. The van der Waals surface area contributed by atoms with E-state index in [2.05, 4.69) is 15.6 Å². The molecule has 3 rings (SSSR count). The molecule has 0 aliphatic heterocycles. The summed E-state index contributed by atoms with van der Waals surface area (Å²) >= 11 is 1.17. The van der Waals surface area contributed by atoms with Crippen LogP contribution in [0.15, 0.2) is 6.20 Å². The number of ketones is 1. The lowest BCUT2D eigenvalue weighted by Crippen LogP contribution is -2.42. The van der Waals surface area contributed by atoms with E-state index in [9.17, 15) is 14.7 Å². The number of aromatic nitrogens is 1. The Morgan fingerprint density at radius 2 is 2.17 bits per heavy atom. The van der Waals surface area contributed by atoms with Crippen molar-refractivity contribution in [2.45, 2.75) is 64.5 Å². The number of nitrogens with one attached hydrogen (secondary N) is 2. The zero-order chi connectivity index (χ0) is 21.0. The molecule has 3 N–H and O–H groups in total. The summed E-state index contributed by atoms with van der Waals surface area (Å²) in [6.45, 7) is 7.24. The molecule has 0 aromatic carbocycles. The summed E-state index contributed by atoms with van der Waals surface area (Å²) in [5, 5.41) is 16.4. The molecule has 0 saturated heterocycles. The summed E-state index contributed by atoms with van der Waals surface area (Å²) in [5.41, 5.74) is -0.0691. The molecule has 0 bridgehead atoms. The summed E-state index contributed by atoms with van der Waals surface area (Å²) < 4.78 is 5.49. The van der Waals surface area contributed by atoms with Gasteiger partial charge in [0.05, 0.1) is 6.20 Å². The normalized spacial score (nSPS) is 24.3. The molecule has 162 valence electrons. The van der Waals surface area contributed by atoms with Crippen molar-refractivity contribution >= 4 is 23.0 Å². The fourth-order valence-electron chi connectivity index (χ4n) is 3.79. The van der Waals surface area contributed by atoms with Crippen LogP contribution < -0.4 is 15.4 Å². The standard InChI is InChI=1S/C21H33N3O4S/c1-21(2,3)24-10-15(25)12-28-20-23-11-17(29-20)19(27)22-7-5-4-6-13-8-14-9-16(14)18(13)26/h11,13-16,24-25H,4-10,12H2,1-3H3,(H,22,27). The third kappa shape index (κ3) is 6.76. The highest BCUT2D eigenvalue weighted by atomic mass is 32.1. The van der Waals surface area contributed by atoms with Crippen molar-refractivity contribution in [1.29, 1.82) is 0 Å². The quantitative estimate of drug-likeness (QED) is 0.473. The number of thiazole rings is 1. The number of aliphatic hydroxyl groups is 1. The zero-order valence-corrected chi connectivity index (χ0v) is 18.4. The molecule has 2 aliphatic rings. The fraction of sp³-hybridized carbons (Fsp3) is 0.762. The van der Waals surface area contributed by atoms with Crippen molar-refractivity contribution in [1.82, 2.24) is 15.6 Å². The van der Waals surface area contributed by atoms with Gasteiger partial charge in [0, 0.05) is 30.5 Å². The highest BCUT2D eigenvalue weighted by Gasteiger charge is 2.52. The second-order valence-corrected chi connectivity index (χ2v) is 10.3. The Balaban J connectivity index is 1.28. The fourth-order valence-corrected chi connectivity index (χ4v) is 4.48. The molecule has 2 aliphatic carbocycles. The van der Waals surface area contributed by atoms with Gasteiger partial charge in [0.2, 0.25) is 0 Å². The molecule has 29 heavy (non-hydrogen) atoms. The van der Waals surface area contributed by atoms with Crippen LogP contribution in [0, 0.1) is 17.8 Å². The summed E-state index contributed by atoms with van der Waals surface area (Å²) in [5.74, 6) is 1.66. The molecule has 7 nitrogen and oxygen atoms in total. The number of Topliss-reactive ketones (excluding diaryl/α,β-unsaturated/α-hetero) is 1. The van der Waals surface area contributed by atoms with E-state index in [1.165, 1.54) is 17.5 Å². The third-order valence-electron chi connectivity index (χ3n) is 5.52. The molecule has 1 amide bonds. The van der Waals surface area contributed by atoms with Gasteiger partial charge in [0.25, 0.3) is 11.1 Å². The van der Waals surface area contributed by atoms with Crippen molar-refractivity contribution in [3.8, 4) is 5.19 Å². The number of nitrogens with zero attached hydrogens (tertiary/aromatic N) is 1. The molecule has 1 aromatic heterocycles. The van der Waals surface area contributed by atoms with Crippen molar-refractivity contribution in [2.24, 2.45) is 17.8 Å². The number of fused-ring (bicyclic) bond motifs is 1. The highest BCUT2D eigenvalue weighted by molar-refractivity contribution is 7.15. The highest BCUT2D eigenvalue weighted by Crippen LogP contribution is 2.52. The minimum atomic E-state index is -0.645. The van der Waals surface area contributed by atoms with Gasteiger partial charge in [-0.05, 0) is 52.4 Å². The molecule has 0 spiro atoms. The maximum Gasteiger partial charge on any atom is 0.273 e. The van der Waals surface area contributed by atoms with Crippen LogP contribution in [0.1, 0.15) is 62.5 Å². The second-order valence-electron chi connectivity index (χ2n) is 9.28. The summed E-state index contributed by atoms with van der Waals surface area (Å²) in [7, 11) is 0. The van der Waals surface area contributed by atoms with E-state index in [0.29, 0.717) is 40.8 Å². The third-order valence-corrected chi connectivity index (χ3v) is 6.43. The van der Waals surface area contributed by atoms with Crippen LogP contribution in [0.5, 0.6) is 5.19 Å².